The van der Waals surface area contributed by atoms with Crippen molar-refractivity contribution in [2.75, 3.05) is 12.4 Å². The number of nitrogens with zero attached hydrogens (tertiary/aromatic N) is 3. The van der Waals surface area contributed by atoms with Crippen LogP contribution in [0.1, 0.15) is 68.2 Å². The van der Waals surface area contributed by atoms with Gasteiger partial charge in [0.05, 0.1) is 5.92 Å². The van der Waals surface area contributed by atoms with Gasteiger partial charge in [-0.2, -0.15) is 12.8 Å². The Balaban J connectivity index is 3.04. The predicted molar refractivity (Wildman–Crippen MR) is 134 cm³/mol. The van der Waals surface area contributed by atoms with Crippen molar-refractivity contribution in [3.8, 4) is 0 Å². The number of hydrogen-bond donors (Lipinski definition) is 1. The van der Waals surface area contributed by atoms with E-state index in [1.807, 2.05) is 0 Å². The Morgan fingerprint density at radius 1 is 1.06 bits per heavy atom. The maximum absolute atomic E-state index is 13.1. The molecule has 0 fully saturated rings. The molecule has 1 rings (SSSR count). The highest BCUT2D eigenvalue weighted by atomic mass is 32.2. The number of hydrogen-bond acceptors (Lipinski definition) is 11. The van der Waals surface area contributed by atoms with E-state index in [2.05, 4.69) is 19.9 Å². The van der Waals surface area contributed by atoms with Crippen molar-refractivity contribution in [1.82, 2.24) is 10.2 Å². The van der Waals surface area contributed by atoms with Crippen LogP contribution in [0.15, 0.2) is 8.74 Å². The molecule has 1 amide bonds. The molecule has 0 saturated carbocycles. The van der Waals surface area contributed by atoms with Crippen molar-refractivity contribution in [1.29, 1.82) is 0 Å². The summed E-state index contributed by atoms with van der Waals surface area (Å²) in [5.41, 5.74) is -2.24. The summed E-state index contributed by atoms with van der Waals surface area (Å²) in [4.78, 5) is 36.5. The number of nitrogens with one attached hydrogen (secondary N) is 1. The second-order valence-corrected chi connectivity index (χ2v) is 11.6. The van der Waals surface area contributed by atoms with Gasteiger partial charge in [-0.25, -0.2) is 4.79 Å². The molecule has 0 saturated heterocycles. The predicted octanol–water partition coefficient (Wildman–Crippen LogP) is 2.99. The van der Waals surface area contributed by atoms with E-state index in [1.54, 1.807) is 48.5 Å². The normalized spacial score (nSPS) is 17.9. The molecule has 0 aliphatic rings. The zero-order chi connectivity index (χ0) is 27.9. The van der Waals surface area contributed by atoms with E-state index in [4.69, 9.17) is 14.2 Å². The second-order valence-electron chi connectivity index (χ2n) is 8.85. The minimum Gasteiger partial charge on any atom is -0.458 e. The largest absolute Gasteiger partial charge is 0.458 e. The van der Waals surface area contributed by atoms with Crippen LogP contribution in [0.3, 0.4) is 0 Å². The summed E-state index contributed by atoms with van der Waals surface area (Å²) in [6, 6.07) is 0. The molecular weight excluding hydrogens is 512 g/mol. The van der Waals surface area contributed by atoms with Crippen molar-refractivity contribution in [2.24, 2.45) is 16.2 Å². The number of anilines is 1. The Morgan fingerprint density at radius 2 is 1.61 bits per heavy atom. The van der Waals surface area contributed by atoms with E-state index in [1.165, 1.54) is 20.2 Å². The van der Waals surface area contributed by atoms with Gasteiger partial charge in [-0.3, -0.25) is 9.59 Å². The van der Waals surface area contributed by atoms with Crippen molar-refractivity contribution < 1.29 is 37.0 Å². The van der Waals surface area contributed by atoms with Gasteiger partial charge in [0.25, 0.3) is 4.34 Å². The summed E-state index contributed by atoms with van der Waals surface area (Å²) < 4.78 is 44.8. The van der Waals surface area contributed by atoms with Crippen molar-refractivity contribution >= 4 is 50.6 Å². The summed E-state index contributed by atoms with van der Waals surface area (Å²) in [5.74, 6) is -3.04. The molecule has 0 aliphatic heterocycles. The fraction of sp³-hybridized carbons (Fsp3) is 0.727. The van der Waals surface area contributed by atoms with Gasteiger partial charge in [-0.15, -0.1) is 10.2 Å². The molecule has 14 heteroatoms. The quantitative estimate of drug-likeness (QED) is 0.220. The SMILES string of the molecule is CCC(C)(OC(=O)C(C)C(C)(CC)OC(=O)C(C)OC)C(C)C=NS(=O)(=O)c1nnc(NC(C)=O)s1. The first-order valence-electron chi connectivity index (χ1n) is 11.4. The first-order chi connectivity index (χ1) is 16.5. The molecular formula is C22H36N4O8S2. The zero-order valence-corrected chi connectivity index (χ0v) is 23.8. The molecule has 5 unspecified atom stereocenters. The third-order valence-electron chi connectivity index (χ3n) is 6.32. The Bertz CT molecular complexity index is 1070. The Hall–Kier alpha value is -2.45. The molecule has 0 aromatic carbocycles. The van der Waals surface area contributed by atoms with Crippen LogP contribution in [0.5, 0.6) is 0 Å². The monoisotopic (exact) mass is 548 g/mol. The molecule has 5 atom stereocenters. The van der Waals surface area contributed by atoms with Crippen LogP contribution < -0.4 is 5.32 Å². The number of amides is 1. The fourth-order valence-electron chi connectivity index (χ4n) is 2.82. The average molecular weight is 549 g/mol. The number of aromatic nitrogens is 2. The lowest BCUT2D eigenvalue weighted by molar-refractivity contribution is -0.188. The lowest BCUT2D eigenvalue weighted by Gasteiger charge is -2.38. The number of methoxy groups -OCH3 is 1. The third-order valence-corrected chi connectivity index (χ3v) is 8.76. The molecule has 1 N–H and O–H groups in total. The van der Waals surface area contributed by atoms with Gasteiger partial charge in [0, 0.05) is 26.2 Å². The van der Waals surface area contributed by atoms with Crippen LogP contribution in [0.4, 0.5) is 5.13 Å². The summed E-state index contributed by atoms with van der Waals surface area (Å²) in [5, 5.41) is 9.57. The van der Waals surface area contributed by atoms with Gasteiger partial charge < -0.3 is 19.5 Å². The number of esters is 2. The highest BCUT2D eigenvalue weighted by molar-refractivity contribution is 7.92. The summed E-state index contributed by atoms with van der Waals surface area (Å²) >= 11 is 0.670. The van der Waals surface area contributed by atoms with Gasteiger partial charge in [0.2, 0.25) is 11.0 Å². The zero-order valence-electron chi connectivity index (χ0n) is 22.1. The number of sulfonamides is 1. The lowest BCUT2D eigenvalue weighted by atomic mass is 9.86. The second kappa shape index (κ2) is 12.7. The highest BCUT2D eigenvalue weighted by Crippen LogP contribution is 2.32. The molecule has 0 spiro atoms. The Labute approximate surface area is 216 Å². The molecule has 0 radical (unpaired) electrons. The first kappa shape index (κ1) is 31.6. The van der Waals surface area contributed by atoms with E-state index in [9.17, 15) is 22.8 Å². The van der Waals surface area contributed by atoms with Crippen LogP contribution in [-0.4, -0.2) is 67.1 Å². The fourth-order valence-corrected chi connectivity index (χ4v) is 4.71. The van der Waals surface area contributed by atoms with E-state index in [0.717, 1.165) is 0 Å². The summed E-state index contributed by atoms with van der Waals surface area (Å²) in [6.45, 7) is 13.0. The minimum absolute atomic E-state index is 0.0326. The van der Waals surface area contributed by atoms with Crippen LogP contribution in [0, 0.1) is 11.8 Å². The molecule has 0 bridgehead atoms. The topological polar surface area (TPSA) is 163 Å². The number of carbonyl (C=O) groups is 3. The van der Waals surface area contributed by atoms with Crippen LogP contribution >= 0.6 is 11.3 Å². The van der Waals surface area contributed by atoms with Gasteiger partial charge in [0.1, 0.15) is 11.2 Å². The van der Waals surface area contributed by atoms with Crippen molar-refractivity contribution in [2.45, 2.75) is 89.9 Å². The molecule has 204 valence electrons. The van der Waals surface area contributed by atoms with Gasteiger partial charge in [-0.1, -0.05) is 32.1 Å². The summed E-state index contributed by atoms with van der Waals surface area (Å²) in [7, 11) is -2.80. The lowest BCUT2D eigenvalue weighted by Crippen LogP contribution is -2.48. The molecule has 12 nitrogen and oxygen atoms in total. The third kappa shape index (κ3) is 8.03. The molecule has 1 heterocycles. The van der Waals surface area contributed by atoms with Crippen molar-refractivity contribution in [3.05, 3.63) is 0 Å². The smallest absolute Gasteiger partial charge is 0.335 e. The molecule has 1 aromatic rings. The van der Waals surface area contributed by atoms with E-state index in [0.29, 0.717) is 24.2 Å². The Kier molecular flexibility index (Phi) is 11.1. The first-order valence-corrected chi connectivity index (χ1v) is 13.7. The van der Waals surface area contributed by atoms with Crippen LogP contribution in [-0.2, 0) is 38.6 Å². The number of ether oxygens (including phenoxy) is 3. The molecule has 36 heavy (non-hydrogen) atoms. The van der Waals surface area contributed by atoms with E-state index < -0.39 is 57.0 Å². The van der Waals surface area contributed by atoms with Crippen LogP contribution in [0.2, 0.25) is 0 Å². The van der Waals surface area contributed by atoms with Crippen molar-refractivity contribution in [3.63, 3.8) is 0 Å². The number of rotatable bonds is 13. The standard InChI is InChI=1S/C22H36N4O8S2/c1-10-21(7,33-17(28)14(4)22(8,11-2)34-18(29)15(5)32-9)13(3)12-23-36(30,31)20-26-25-19(35-20)24-16(6)27/h12-15H,10-11H2,1-9H3,(H,24,25,27). The van der Waals surface area contributed by atoms with Crippen LogP contribution in [0.25, 0.3) is 0 Å². The maximum atomic E-state index is 13.1. The maximum Gasteiger partial charge on any atom is 0.335 e. The van der Waals surface area contributed by atoms with Gasteiger partial charge in [-0.05, 0) is 40.5 Å². The average Bonchev–Trinajstić information content (AvgIpc) is 3.29. The minimum atomic E-state index is -4.18. The van der Waals surface area contributed by atoms with Gasteiger partial charge >= 0.3 is 22.0 Å². The number of carbonyl (C=O) groups excluding carboxylic acids is 3. The summed E-state index contributed by atoms with van der Waals surface area (Å²) in [6.07, 6.45) is 1.09. The van der Waals surface area contributed by atoms with Gasteiger partial charge in [0.15, 0.2) is 6.10 Å². The Morgan fingerprint density at radius 3 is 2.11 bits per heavy atom. The highest BCUT2D eigenvalue weighted by Gasteiger charge is 2.43. The molecule has 1 aromatic heterocycles. The van der Waals surface area contributed by atoms with E-state index in [-0.39, 0.29) is 9.47 Å². The molecule has 0 aliphatic carbocycles. The van der Waals surface area contributed by atoms with E-state index >= 15 is 0 Å².